The fraction of sp³-hybridized carbons (Fsp3) is 0.353. The normalized spacial score (nSPS) is 20.7. The molecule has 1 fully saturated rings. The van der Waals surface area contributed by atoms with Gasteiger partial charge in [0.25, 0.3) is 0 Å². The third-order valence-corrected chi connectivity index (χ3v) is 5.82. The van der Waals surface area contributed by atoms with Gasteiger partial charge in [0.2, 0.25) is 0 Å². The van der Waals surface area contributed by atoms with Crippen molar-refractivity contribution in [2.45, 2.75) is 31.3 Å². The maximum Gasteiger partial charge on any atom is 0.320 e. The van der Waals surface area contributed by atoms with E-state index < -0.39 is 12.0 Å². The van der Waals surface area contributed by atoms with Crippen molar-refractivity contribution in [3.63, 3.8) is 0 Å². The molecule has 1 aliphatic heterocycles. The number of halogens is 1. The second-order valence-corrected chi connectivity index (χ2v) is 8.04. The first kappa shape index (κ1) is 15.7. The van der Waals surface area contributed by atoms with Crippen molar-refractivity contribution in [1.82, 2.24) is 4.90 Å². The molecule has 2 aromatic rings. The fourth-order valence-electron chi connectivity index (χ4n) is 3.16. The Balaban J connectivity index is 2.02. The molecule has 0 bridgehead atoms. The van der Waals surface area contributed by atoms with Gasteiger partial charge in [-0.25, -0.2) is 0 Å². The number of nitrogens with zero attached hydrogens (tertiary/aromatic N) is 1. The Morgan fingerprint density at radius 1 is 1.23 bits per heavy atom. The Labute approximate surface area is 142 Å². The van der Waals surface area contributed by atoms with Crippen molar-refractivity contribution < 1.29 is 9.90 Å². The van der Waals surface area contributed by atoms with Gasteiger partial charge < -0.3 is 5.11 Å². The highest BCUT2D eigenvalue weighted by atomic mass is 79.9. The number of hydrogen-bond acceptors (Lipinski definition) is 3. The first-order valence-electron chi connectivity index (χ1n) is 7.45. The molecule has 0 saturated carbocycles. The number of aliphatic carboxylic acids is 1. The van der Waals surface area contributed by atoms with Crippen LogP contribution >= 0.6 is 27.3 Å². The second-order valence-electron chi connectivity index (χ2n) is 5.54. The van der Waals surface area contributed by atoms with E-state index >= 15 is 0 Å². The summed E-state index contributed by atoms with van der Waals surface area (Å²) in [5.74, 6) is -0.712. The van der Waals surface area contributed by atoms with Gasteiger partial charge in [-0.15, -0.1) is 11.3 Å². The molecule has 0 radical (unpaired) electrons. The Kier molecular flexibility index (Phi) is 4.96. The standard InChI is InChI=1S/C17H18BrNO2S/c18-15-10-9-14(22-15)16(12-6-2-1-3-7-12)19-11-5-4-8-13(19)17(20)21/h1-3,6-7,9-10,13,16H,4-5,8,11H2,(H,20,21). The van der Waals surface area contributed by atoms with Crippen LogP contribution in [0, 0.1) is 0 Å². The zero-order chi connectivity index (χ0) is 15.5. The van der Waals surface area contributed by atoms with Crippen LogP contribution < -0.4 is 0 Å². The van der Waals surface area contributed by atoms with Gasteiger partial charge in [0, 0.05) is 4.88 Å². The molecule has 2 unspecified atom stereocenters. The van der Waals surface area contributed by atoms with Crippen molar-refractivity contribution in [3.8, 4) is 0 Å². The lowest BCUT2D eigenvalue weighted by atomic mass is 9.95. The molecule has 0 aliphatic carbocycles. The van der Waals surface area contributed by atoms with Crippen LogP contribution in [0.4, 0.5) is 0 Å². The van der Waals surface area contributed by atoms with E-state index in [1.54, 1.807) is 11.3 Å². The Morgan fingerprint density at radius 3 is 2.64 bits per heavy atom. The van der Waals surface area contributed by atoms with Gasteiger partial charge >= 0.3 is 5.97 Å². The maximum atomic E-state index is 11.7. The van der Waals surface area contributed by atoms with Gasteiger partial charge in [-0.3, -0.25) is 9.69 Å². The molecule has 3 nitrogen and oxygen atoms in total. The lowest BCUT2D eigenvalue weighted by molar-refractivity contribution is -0.145. The minimum Gasteiger partial charge on any atom is -0.480 e. The van der Waals surface area contributed by atoms with E-state index in [-0.39, 0.29) is 6.04 Å². The summed E-state index contributed by atoms with van der Waals surface area (Å²) in [4.78, 5) is 15.0. The van der Waals surface area contributed by atoms with Gasteiger partial charge in [-0.1, -0.05) is 36.8 Å². The molecule has 3 rings (SSSR count). The average molecular weight is 380 g/mol. The van der Waals surface area contributed by atoms with E-state index in [1.807, 2.05) is 24.3 Å². The third-order valence-electron chi connectivity index (χ3n) is 4.14. The molecule has 1 aromatic carbocycles. The lowest BCUT2D eigenvalue weighted by Gasteiger charge is -2.39. The van der Waals surface area contributed by atoms with Gasteiger partial charge in [-0.2, -0.15) is 0 Å². The highest BCUT2D eigenvalue weighted by molar-refractivity contribution is 9.11. The van der Waals surface area contributed by atoms with Crippen molar-refractivity contribution in [2.75, 3.05) is 6.54 Å². The van der Waals surface area contributed by atoms with Gasteiger partial charge in [-0.05, 0) is 53.0 Å². The molecule has 5 heteroatoms. The van der Waals surface area contributed by atoms with Crippen LogP contribution in [0.25, 0.3) is 0 Å². The van der Waals surface area contributed by atoms with E-state index in [0.717, 1.165) is 35.2 Å². The van der Waals surface area contributed by atoms with E-state index in [2.05, 4.69) is 39.0 Å². The highest BCUT2D eigenvalue weighted by Crippen LogP contribution is 2.38. The number of benzene rings is 1. The van der Waals surface area contributed by atoms with Crippen molar-refractivity contribution in [2.24, 2.45) is 0 Å². The first-order chi connectivity index (χ1) is 10.7. The molecular formula is C17H18BrNO2S. The molecule has 22 heavy (non-hydrogen) atoms. The zero-order valence-corrected chi connectivity index (χ0v) is 14.5. The largest absolute Gasteiger partial charge is 0.480 e. The van der Waals surface area contributed by atoms with Crippen LogP contribution in [0.15, 0.2) is 46.3 Å². The van der Waals surface area contributed by atoms with E-state index in [9.17, 15) is 9.90 Å². The van der Waals surface area contributed by atoms with Gasteiger partial charge in [0.05, 0.1) is 9.83 Å². The number of rotatable bonds is 4. The smallest absolute Gasteiger partial charge is 0.320 e. The summed E-state index contributed by atoms with van der Waals surface area (Å²) in [7, 11) is 0. The summed E-state index contributed by atoms with van der Waals surface area (Å²) in [5.41, 5.74) is 1.16. The van der Waals surface area contributed by atoms with Crippen LogP contribution in [-0.4, -0.2) is 28.6 Å². The van der Waals surface area contributed by atoms with Crippen LogP contribution in [-0.2, 0) is 4.79 Å². The molecule has 0 spiro atoms. The Morgan fingerprint density at radius 2 is 2.00 bits per heavy atom. The minimum absolute atomic E-state index is 0.0129. The number of piperidine rings is 1. The quantitative estimate of drug-likeness (QED) is 0.847. The van der Waals surface area contributed by atoms with E-state index in [1.165, 1.54) is 4.88 Å². The van der Waals surface area contributed by atoms with Crippen LogP contribution in [0.1, 0.15) is 35.7 Å². The highest BCUT2D eigenvalue weighted by Gasteiger charge is 2.35. The topological polar surface area (TPSA) is 40.5 Å². The summed E-state index contributed by atoms with van der Waals surface area (Å²) >= 11 is 5.20. The lowest BCUT2D eigenvalue weighted by Crippen LogP contribution is -2.46. The molecule has 1 saturated heterocycles. The number of carboxylic acid groups (broad SMARTS) is 1. The summed E-state index contributed by atoms with van der Waals surface area (Å²) < 4.78 is 1.08. The SMILES string of the molecule is O=C(O)C1CCCCN1C(c1ccccc1)c1ccc(Br)s1. The maximum absolute atomic E-state index is 11.7. The predicted octanol–water partition coefficient (Wildman–Crippen LogP) is 4.54. The number of carbonyl (C=O) groups is 1. The van der Waals surface area contributed by atoms with Crippen LogP contribution in [0.2, 0.25) is 0 Å². The zero-order valence-electron chi connectivity index (χ0n) is 12.1. The van der Waals surface area contributed by atoms with Gasteiger partial charge in [0.1, 0.15) is 6.04 Å². The average Bonchev–Trinajstić information content (AvgIpc) is 2.95. The van der Waals surface area contributed by atoms with E-state index in [4.69, 9.17) is 0 Å². The van der Waals surface area contributed by atoms with Crippen molar-refractivity contribution in [1.29, 1.82) is 0 Å². The van der Waals surface area contributed by atoms with Crippen molar-refractivity contribution >= 4 is 33.2 Å². The minimum atomic E-state index is -0.712. The van der Waals surface area contributed by atoms with Crippen molar-refractivity contribution in [3.05, 3.63) is 56.7 Å². The molecule has 1 aliphatic rings. The second kappa shape index (κ2) is 6.94. The third kappa shape index (κ3) is 3.26. The van der Waals surface area contributed by atoms with Gasteiger partial charge in [0.15, 0.2) is 0 Å². The number of hydrogen-bond donors (Lipinski definition) is 1. The summed E-state index contributed by atoms with van der Waals surface area (Å²) in [6.07, 6.45) is 2.77. The monoisotopic (exact) mass is 379 g/mol. The van der Waals surface area contributed by atoms with E-state index in [0.29, 0.717) is 0 Å². The molecule has 2 heterocycles. The Hall–Kier alpha value is -1.17. The van der Waals surface area contributed by atoms with Crippen LogP contribution in [0.5, 0.6) is 0 Å². The molecule has 0 amide bonds. The molecule has 1 N–H and O–H groups in total. The summed E-state index contributed by atoms with van der Waals surface area (Å²) in [5, 5.41) is 9.61. The molecular weight excluding hydrogens is 362 g/mol. The summed E-state index contributed by atoms with van der Waals surface area (Å²) in [6.45, 7) is 0.825. The predicted molar refractivity (Wildman–Crippen MR) is 92.3 cm³/mol. The molecule has 116 valence electrons. The first-order valence-corrected chi connectivity index (χ1v) is 9.06. The van der Waals surface area contributed by atoms with Crippen LogP contribution in [0.3, 0.4) is 0 Å². The Bertz CT molecular complexity index is 643. The summed E-state index contributed by atoms with van der Waals surface area (Å²) in [6, 6.07) is 14.0. The molecule has 2 atom stereocenters. The number of carboxylic acids is 1. The molecule has 1 aromatic heterocycles. The fourth-order valence-corrected chi connectivity index (χ4v) is 4.73. The number of likely N-dealkylation sites (tertiary alicyclic amines) is 1. The number of thiophene rings is 1.